The summed E-state index contributed by atoms with van der Waals surface area (Å²) < 4.78 is 7.05. The van der Waals surface area contributed by atoms with Gasteiger partial charge < -0.3 is 25.3 Å². The SMILES string of the molecule is CC(C)[C@H](NC(=O)CNC(=O)OC(C)(C)C)C(=O)Nc1ccc(-n2cccc2)cc1. The van der Waals surface area contributed by atoms with Gasteiger partial charge in [-0.05, 0) is 63.1 Å². The summed E-state index contributed by atoms with van der Waals surface area (Å²) in [6.07, 6.45) is 3.18. The molecule has 0 aliphatic rings. The van der Waals surface area contributed by atoms with Crippen molar-refractivity contribution in [2.24, 2.45) is 5.92 Å². The van der Waals surface area contributed by atoms with E-state index in [2.05, 4.69) is 16.0 Å². The lowest BCUT2D eigenvalue weighted by Crippen LogP contribution is -2.50. The lowest BCUT2D eigenvalue weighted by Gasteiger charge is -2.22. The van der Waals surface area contributed by atoms with Crippen molar-refractivity contribution in [3.05, 3.63) is 48.8 Å². The number of hydrogen-bond acceptors (Lipinski definition) is 4. The predicted octanol–water partition coefficient (Wildman–Crippen LogP) is 3.08. The van der Waals surface area contributed by atoms with Crippen molar-refractivity contribution in [1.82, 2.24) is 15.2 Å². The van der Waals surface area contributed by atoms with Gasteiger partial charge in [0.05, 0.1) is 0 Å². The maximum atomic E-state index is 12.7. The van der Waals surface area contributed by atoms with Gasteiger partial charge in [-0.2, -0.15) is 0 Å². The molecule has 0 radical (unpaired) electrons. The molecule has 30 heavy (non-hydrogen) atoms. The molecule has 0 fully saturated rings. The first-order chi connectivity index (χ1) is 14.0. The fraction of sp³-hybridized carbons (Fsp3) is 0.409. The normalized spacial score (nSPS) is 12.2. The zero-order valence-corrected chi connectivity index (χ0v) is 18.1. The van der Waals surface area contributed by atoms with Crippen molar-refractivity contribution < 1.29 is 19.1 Å². The molecule has 0 aliphatic carbocycles. The van der Waals surface area contributed by atoms with E-state index >= 15 is 0 Å². The molecular formula is C22H30N4O4. The maximum absolute atomic E-state index is 12.7. The van der Waals surface area contributed by atoms with Crippen LogP contribution >= 0.6 is 0 Å². The summed E-state index contributed by atoms with van der Waals surface area (Å²) in [5.41, 5.74) is 0.945. The number of benzene rings is 1. The summed E-state index contributed by atoms with van der Waals surface area (Å²) in [5, 5.41) is 7.87. The van der Waals surface area contributed by atoms with E-state index < -0.39 is 23.6 Å². The lowest BCUT2D eigenvalue weighted by atomic mass is 10.0. The molecule has 0 bridgehead atoms. The Bertz CT molecular complexity index is 852. The topological polar surface area (TPSA) is 101 Å². The van der Waals surface area contributed by atoms with Crippen molar-refractivity contribution in [2.75, 3.05) is 11.9 Å². The van der Waals surface area contributed by atoms with Crippen LogP contribution in [-0.4, -0.2) is 40.7 Å². The van der Waals surface area contributed by atoms with Crippen molar-refractivity contribution in [2.45, 2.75) is 46.3 Å². The Morgan fingerprint density at radius 3 is 2.17 bits per heavy atom. The summed E-state index contributed by atoms with van der Waals surface area (Å²) in [4.78, 5) is 36.6. The Labute approximate surface area is 177 Å². The molecule has 0 saturated heterocycles. The van der Waals surface area contributed by atoms with Gasteiger partial charge in [-0.3, -0.25) is 9.59 Å². The average molecular weight is 415 g/mol. The van der Waals surface area contributed by atoms with Gasteiger partial charge in [0.15, 0.2) is 0 Å². The quantitative estimate of drug-likeness (QED) is 0.648. The molecule has 1 atom stereocenters. The molecule has 3 N–H and O–H groups in total. The molecule has 2 aromatic rings. The minimum atomic E-state index is -0.748. The summed E-state index contributed by atoms with van der Waals surface area (Å²) >= 11 is 0. The van der Waals surface area contributed by atoms with Gasteiger partial charge in [-0.1, -0.05) is 13.8 Å². The van der Waals surface area contributed by atoms with Crippen LogP contribution in [-0.2, 0) is 14.3 Å². The van der Waals surface area contributed by atoms with E-state index in [-0.39, 0.29) is 18.4 Å². The van der Waals surface area contributed by atoms with Crippen LogP contribution in [0.15, 0.2) is 48.8 Å². The van der Waals surface area contributed by atoms with Crippen LogP contribution in [0.2, 0.25) is 0 Å². The minimum Gasteiger partial charge on any atom is -0.444 e. The molecule has 0 unspecified atom stereocenters. The van der Waals surface area contributed by atoms with Crippen molar-refractivity contribution >= 4 is 23.6 Å². The van der Waals surface area contributed by atoms with Crippen LogP contribution in [0.4, 0.5) is 10.5 Å². The minimum absolute atomic E-state index is 0.144. The van der Waals surface area contributed by atoms with Crippen LogP contribution in [0.1, 0.15) is 34.6 Å². The van der Waals surface area contributed by atoms with Gasteiger partial charge in [0.25, 0.3) is 0 Å². The Kier molecular flexibility index (Phi) is 7.63. The van der Waals surface area contributed by atoms with Crippen molar-refractivity contribution in [3.8, 4) is 5.69 Å². The monoisotopic (exact) mass is 414 g/mol. The molecule has 2 rings (SSSR count). The van der Waals surface area contributed by atoms with E-state index in [1.54, 1.807) is 32.9 Å². The fourth-order valence-corrected chi connectivity index (χ4v) is 2.67. The highest BCUT2D eigenvalue weighted by molar-refractivity contribution is 5.97. The predicted molar refractivity (Wildman–Crippen MR) is 115 cm³/mol. The van der Waals surface area contributed by atoms with Gasteiger partial charge in [-0.15, -0.1) is 0 Å². The fourth-order valence-electron chi connectivity index (χ4n) is 2.67. The molecule has 162 valence electrons. The number of nitrogens with zero attached hydrogens (tertiary/aromatic N) is 1. The second-order valence-electron chi connectivity index (χ2n) is 8.27. The van der Waals surface area contributed by atoms with Gasteiger partial charge >= 0.3 is 6.09 Å². The Balaban J connectivity index is 1.91. The standard InChI is InChI=1S/C22H30N4O4/c1-15(2)19(25-18(27)14-23-21(29)30-22(3,4)5)20(28)24-16-8-10-17(11-9-16)26-12-6-7-13-26/h6-13,15,19H,14H2,1-5H3,(H,23,29)(H,24,28)(H,25,27)/t19-/m0/s1. The van der Waals surface area contributed by atoms with Crippen LogP contribution in [0.5, 0.6) is 0 Å². The summed E-state index contributed by atoms with van der Waals surface area (Å²) in [5.74, 6) is -0.948. The second-order valence-corrected chi connectivity index (χ2v) is 8.27. The average Bonchev–Trinajstić information content (AvgIpc) is 3.18. The molecule has 0 spiro atoms. The van der Waals surface area contributed by atoms with Gasteiger partial charge in [-0.25, -0.2) is 4.79 Å². The van der Waals surface area contributed by atoms with E-state index in [9.17, 15) is 14.4 Å². The molecule has 1 aromatic heterocycles. The Morgan fingerprint density at radius 1 is 1.03 bits per heavy atom. The summed E-state index contributed by atoms with van der Waals surface area (Å²) in [6, 6.07) is 10.5. The third kappa shape index (κ3) is 7.27. The summed E-state index contributed by atoms with van der Waals surface area (Å²) in [7, 11) is 0. The number of aromatic nitrogens is 1. The summed E-state index contributed by atoms with van der Waals surface area (Å²) in [6.45, 7) is 8.59. The van der Waals surface area contributed by atoms with E-state index in [1.165, 1.54) is 0 Å². The number of carbonyl (C=O) groups is 3. The third-order valence-electron chi connectivity index (χ3n) is 4.10. The highest BCUT2D eigenvalue weighted by atomic mass is 16.6. The maximum Gasteiger partial charge on any atom is 0.408 e. The highest BCUT2D eigenvalue weighted by Gasteiger charge is 2.25. The number of hydrogen-bond donors (Lipinski definition) is 3. The first-order valence-corrected chi connectivity index (χ1v) is 9.85. The zero-order chi connectivity index (χ0) is 22.3. The number of nitrogens with one attached hydrogen (secondary N) is 3. The Hall–Kier alpha value is -3.29. The van der Waals surface area contributed by atoms with Gasteiger partial charge in [0, 0.05) is 23.8 Å². The first-order valence-electron chi connectivity index (χ1n) is 9.85. The van der Waals surface area contributed by atoms with Crippen LogP contribution in [0.3, 0.4) is 0 Å². The molecule has 1 aromatic carbocycles. The van der Waals surface area contributed by atoms with E-state index in [4.69, 9.17) is 4.74 Å². The first kappa shape index (κ1) is 23.0. The van der Waals surface area contributed by atoms with Crippen LogP contribution < -0.4 is 16.0 Å². The van der Waals surface area contributed by atoms with E-state index in [0.29, 0.717) is 5.69 Å². The van der Waals surface area contributed by atoms with Crippen molar-refractivity contribution in [1.29, 1.82) is 0 Å². The zero-order valence-electron chi connectivity index (χ0n) is 18.1. The highest BCUT2D eigenvalue weighted by Crippen LogP contribution is 2.15. The van der Waals surface area contributed by atoms with Crippen LogP contribution in [0, 0.1) is 5.92 Å². The smallest absolute Gasteiger partial charge is 0.408 e. The molecule has 3 amide bonds. The Morgan fingerprint density at radius 2 is 1.63 bits per heavy atom. The number of carbonyl (C=O) groups excluding carboxylic acids is 3. The molecule has 8 heteroatoms. The van der Waals surface area contributed by atoms with E-state index in [0.717, 1.165) is 5.69 Å². The number of anilines is 1. The van der Waals surface area contributed by atoms with Gasteiger partial charge in [0.1, 0.15) is 18.2 Å². The molecule has 8 nitrogen and oxygen atoms in total. The van der Waals surface area contributed by atoms with Gasteiger partial charge in [0.2, 0.25) is 11.8 Å². The molecule has 1 heterocycles. The number of amides is 3. The number of alkyl carbamates (subject to hydrolysis) is 1. The third-order valence-corrected chi connectivity index (χ3v) is 4.10. The van der Waals surface area contributed by atoms with E-state index in [1.807, 2.05) is 55.1 Å². The number of ether oxygens (including phenoxy) is 1. The molecular weight excluding hydrogens is 384 g/mol. The molecule has 0 saturated carbocycles. The lowest BCUT2D eigenvalue weighted by molar-refractivity contribution is -0.126. The number of rotatable bonds is 7. The van der Waals surface area contributed by atoms with Crippen LogP contribution in [0.25, 0.3) is 5.69 Å². The largest absolute Gasteiger partial charge is 0.444 e. The van der Waals surface area contributed by atoms with Crippen molar-refractivity contribution in [3.63, 3.8) is 0 Å². The second kappa shape index (κ2) is 9.96. The molecule has 0 aliphatic heterocycles.